The fraction of sp³-hybridized carbons (Fsp3) is 0.684. The van der Waals surface area contributed by atoms with Crippen molar-refractivity contribution >= 4 is 0 Å². The van der Waals surface area contributed by atoms with Gasteiger partial charge < -0.3 is 0 Å². The molecule has 0 spiro atoms. The Hall–Kier alpha value is -0.780. The van der Waals surface area contributed by atoms with E-state index in [-0.39, 0.29) is 0 Å². The molecule has 0 N–H and O–H groups in total. The molecule has 0 saturated heterocycles. The zero-order chi connectivity index (χ0) is 13.9. The summed E-state index contributed by atoms with van der Waals surface area (Å²) in [6, 6.07) is 9.36. The molecule has 0 heterocycles. The lowest BCUT2D eigenvalue weighted by Crippen LogP contribution is -2.32. The van der Waals surface area contributed by atoms with Gasteiger partial charge in [-0.25, -0.2) is 0 Å². The SMILES string of the molecule is CCc1ccc(C(C)(C)C2CCC(CC)CC2)cc1. The van der Waals surface area contributed by atoms with Gasteiger partial charge in [-0.15, -0.1) is 0 Å². The second-order valence-electron chi connectivity index (χ2n) is 6.90. The van der Waals surface area contributed by atoms with E-state index in [2.05, 4.69) is 52.0 Å². The van der Waals surface area contributed by atoms with E-state index < -0.39 is 0 Å². The average molecular weight is 258 g/mol. The van der Waals surface area contributed by atoms with Gasteiger partial charge >= 0.3 is 0 Å². The third kappa shape index (κ3) is 3.22. The Morgan fingerprint density at radius 2 is 1.53 bits per heavy atom. The molecule has 19 heavy (non-hydrogen) atoms. The third-order valence-electron chi connectivity index (χ3n) is 5.55. The Morgan fingerprint density at radius 3 is 2.00 bits per heavy atom. The maximum atomic E-state index is 2.45. The molecule has 0 atom stereocenters. The second-order valence-corrected chi connectivity index (χ2v) is 6.90. The molecule has 1 aromatic rings. The van der Waals surface area contributed by atoms with Crippen molar-refractivity contribution in [3.8, 4) is 0 Å². The third-order valence-corrected chi connectivity index (χ3v) is 5.55. The molecule has 0 unspecified atom stereocenters. The van der Waals surface area contributed by atoms with Gasteiger partial charge in [0.25, 0.3) is 0 Å². The van der Waals surface area contributed by atoms with E-state index in [0.29, 0.717) is 5.41 Å². The summed E-state index contributed by atoms with van der Waals surface area (Å²) in [5.41, 5.74) is 3.32. The molecule has 0 aromatic heterocycles. The van der Waals surface area contributed by atoms with Gasteiger partial charge in [0.2, 0.25) is 0 Å². The Labute approximate surface area is 119 Å². The summed E-state index contributed by atoms with van der Waals surface area (Å²) in [5.74, 6) is 1.86. The summed E-state index contributed by atoms with van der Waals surface area (Å²) >= 11 is 0. The lowest BCUT2D eigenvalue weighted by atomic mass is 9.65. The van der Waals surface area contributed by atoms with Gasteiger partial charge in [-0.05, 0) is 47.6 Å². The van der Waals surface area contributed by atoms with Gasteiger partial charge in [-0.1, -0.05) is 71.2 Å². The van der Waals surface area contributed by atoms with Gasteiger partial charge in [-0.2, -0.15) is 0 Å². The molecule has 0 aliphatic heterocycles. The van der Waals surface area contributed by atoms with Crippen LogP contribution in [0.2, 0.25) is 0 Å². The Kier molecular flexibility index (Phi) is 4.71. The van der Waals surface area contributed by atoms with E-state index in [1.54, 1.807) is 0 Å². The van der Waals surface area contributed by atoms with Crippen molar-refractivity contribution in [3.05, 3.63) is 35.4 Å². The van der Waals surface area contributed by atoms with Gasteiger partial charge in [0.1, 0.15) is 0 Å². The van der Waals surface area contributed by atoms with Crippen molar-refractivity contribution in [3.63, 3.8) is 0 Å². The summed E-state index contributed by atoms with van der Waals surface area (Å²) in [6.07, 6.45) is 8.23. The first-order valence-corrected chi connectivity index (χ1v) is 8.17. The lowest BCUT2D eigenvalue weighted by molar-refractivity contribution is 0.191. The predicted octanol–water partition coefficient (Wildman–Crippen LogP) is 5.74. The molecule has 0 radical (unpaired) electrons. The van der Waals surface area contributed by atoms with Crippen LogP contribution >= 0.6 is 0 Å². The standard InChI is InChI=1S/C19H30/c1-5-15-7-11-17(12-8-15)19(3,4)18-13-9-16(6-2)10-14-18/h7-8,11-12,16,18H,5-6,9-10,13-14H2,1-4H3. The van der Waals surface area contributed by atoms with Crippen LogP contribution in [0.25, 0.3) is 0 Å². The normalized spacial score (nSPS) is 24.4. The first-order valence-electron chi connectivity index (χ1n) is 8.17. The zero-order valence-electron chi connectivity index (χ0n) is 13.2. The van der Waals surface area contributed by atoms with E-state index in [1.165, 1.54) is 43.2 Å². The van der Waals surface area contributed by atoms with Crippen LogP contribution in [-0.2, 0) is 11.8 Å². The van der Waals surface area contributed by atoms with Crippen molar-refractivity contribution in [2.45, 2.75) is 71.6 Å². The van der Waals surface area contributed by atoms with Crippen LogP contribution in [0.1, 0.15) is 70.9 Å². The van der Waals surface area contributed by atoms with Crippen LogP contribution in [0.15, 0.2) is 24.3 Å². The largest absolute Gasteiger partial charge is 0.0651 e. The molecule has 0 amide bonds. The Bertz CT molecular complexity index is 377. The molecular weight excluding hydrogens is 228 g/mol. The minimum absolute atomic E-state index is 0.338. The fourth-order valence-electron chi connectivity index (χ4n) is 3.70. The fourth-order valence-corrected chi connectivity index (χ4v) is 3.70. The van der Waals surface area contributed by atoms with E-state index in [0.717, 1.165) is 18.3 Å². The van der Waals surface area contributed by atoms with Crippen molar-refractivity contribution in [1.82, 2.24) is 0 Å². The quantitative estimate of drug-likeness (QED) is 0.645. The van der Waals surface area contributed by atoms with Crippen molar-refractivity contribution < 1.29 is 0 Å². The molecule has 1 fully saturated rings. The summed E-state index contributed by atoms with van der Waals surface area (Å²) in [4.78, 5) is 0. The number of aryl methyl sites for hydroxylation is 1. The van der Waals surface area contributed by atoms with E-state index in [4.69, 9.17) is 0 Å². The number of rotatable bonds is 4. The molecule has 106 valence electrons. The van der Waals surface area contributed by atoms with Gasteiger partial charge in [0, 0.05) is 0 Å². The second kappa shape index (κ2) is 6.11. The van der Waals surface area contributed by atoms with E-state index >= 15 is 0 Å². The van der Waals surface area contributed by atoms with Crippen LogP contribution in [0.4, 0.5) is 0 Å². The van der Waals surface area contributed by atoms with Gasteiger partial charge in [0.05, 0.1) is 0 Å². The minimum Gasteiger partial charge on any atom is -0.0651 e. The van der Waals surface area contributed by atoms with E-state index in [1.807, 2.05) is 0 Å². The molecule has 1 aliphatic rings. The summed E-state index contributed by atoms with van der Waals surface area (Å²) in [7, 11) is 0. The molecule has 2 rings (SSSR count). The highest BCUT2D eigenvalue weighted by Gasteiger charge is 2.33. The highest BCUT2D eigenvalue weighted by molar-refractivity contribution is 5.29. The highest BCUT2D eigenvalue weighted by Crippen LogP contribution is 2.42. The van der Waals surface area contributed by atoms with Gasteiger partial charge in [-0.3, -0.25) is 0 Å². The molecule has 0 nitrogen and oxygen atoms in total. The van der Waals surface area contributed by atoms with Crippen LogP contribution in [0.3, 0.4) is 0 Å². The monoisotopic (exact) mass is 258 g/mol. The van der Waals surface area contributed by atoms with Crippen molar-refractivity contribution in [2.75, 3.05) is 0 Å². The molecule has 1 aliphatic carbocycles. The molecule has 1 aromatic carbocycles. The summed E-state index contributed by atoms with van der Waals surface area (Å²) in [6.45, 7) is 9.47. The van der Waals surface area contributed by atoms with Crippen LogP contribution < -0.4 is 0 Å². The maximum absolute atomic E-state index is 2.45. The van der Waals surface area contributed by atoms with Crippen molar-refractivity contribution in [1.29, 1.82) is 0 Å². The van der Waals surface area contributed by atoms with Crippen LogP contribution in [0, 0.1) is 11.8 Å². The number of benzene rings is 1. The lowest BCUT2D eigenvalue weighted by Gasteiger charge is -2.39. The Morgan fingerprint density at radius 1 is 0.947 bits per heavy atom. The molecule has 0 bridgehead atoms. The first-order chi connectivity index (χ1) is 9.07. The maximum Gasteiger partial charge on any atom is -0.00753 e. The predicted molar refractivity (Wildman–Crippen MR) is 84.6 cm³/mol. The molecular formula is C19H30. The van der Waals surface area contributed by atoms with Crippen molar-refractivity contribution in [2.24, 2.45) is 11.8 Å². The topological polar surface area (TPSA) is 0 Å². The summed E-state index contributed by atoms with van der Waals surface area (Å²) < 4.78 is 0. The van der Waals surface area contributed by atoms with E-state index in [9.17, 15) is 0 Å². The highest BCUT2D eigenvalue weighted by atomic mass is 14.4. The van der Waals surface area contributed by atoms with Gasteiger partial charge in [0.15, 0.2) is 0 Å². The van der Waals surface area contributed by atoms with Crippen LogP contribution in [0.5, 0.6) is 0 Å². The minimum atomic E-state index is 0.338. The summed E-state index contributed by atoms with van der Waals surface area (Å²) in [5, 5.41) is 0. The average Bonchev–Trinajstić information content (AvgIpc) is 2.47. The van der Waals surface area contributed by atoms with Crippen LogP contribution in [-0.4, -0.2) is 0 Å². The number of hydrogen-bond acceptors (Lipinski definition) is 0. The number of hydrogen-bond donors (Lipinski definition) is 0. The first kappa shape index (κ1) is 14.6. The Balaban J connectivity index is 2.08. The smallest absolute Gasteiger partial charge is 0.00753 e. The zero-order valence-corrected chi connectivity index (χ0v) is 13.2. The molecule has 0 heteroatoms. The molecule has 1 saturated carbocycles.